The van der Waals surface area contributed by atoms with Gasteiger partial charge >= 0.3 is 0 Å². The summed E-state index contributed by atoms with van der Waals surface area (Å²) in [5, 5.41) is 1.25. The molecule has 1 aliphatic heterocycles. The van der Waals surface area contributed by atoms with Crippen molar-refractivity contribution in [3.63, 3.8) is 0 Å². The average molecular weight is 496 g/mol. The molecule has 1 saturated heterocycles. The molecule has 0 saturated carbocycles. The van der Waals surface area contributed by atoms with Gasteiger partial charge in [-0.1, -0.05) is 46.7 Å². The number of carbonyl (C=O) groups is 1. The van der Waals surface area contributed by atoms with Crippen LogP contribution in [-0.4, -0.2) is 61.8 Å². The first-order valence-electron chi connectivity index (χ1n) is 10.4. The van der Waals surface area contributed by atoms with Gasteiger partial charge in [-0.05, 0) is 37.6 Å². The van der Waals surface area contributed by atoms with Crippen LogP contribution in [0.15, 0.2) is 42.5 Å². The number of anilines is 1. The number of thiazole rings is 1. The van der Waals surface area contributed by atoms with Crippen LogP contribution in [-0.2, 0) is 9.53 Å². The number of halogens is 2. The fraction of sp³-hybridized carbons (Fsp3) is 0.391. The maximum absolute atomic E-state index is 13.1. The minimum atomic E-state index is -0.113. The van der Waals surface area contributed by atoms with Crippen molar-refractivity contribution in [3.05, 3.63) is 53.1 Å². The van der Waals surface area contributed by atoms with E-state index in [0.717, 1.165) is 55.0 Å². The van der Waals surface area contributed by atoms with Gasteiger partial charge in [0.1, 0.15) is 11.3 Å². The molecule has 9 heteroatoms. The van der Waals surface area contributed by atoms with E-state index in [1.807, 2.05) is 49.4 Å². The van der Waals surface area contributed by atoms with Crippen LogP contribution < -0.4 is 9.64 Å². The number of rotatable bonds is 8. The summed E-state index contributed by atoms with van der Waals surface area (Å²) in [4.78, 5) is 21.9. The molecule has 1 aromatic heterocycles. The first kappa shape index (κ1) is 24.7. The van der Waals surface area contributed by atoms with Crippen LogP contribution >= 0.6 is 35.3 Å². The third kappa shape index (κ3) is 6.33. The van der Waals surface area contributed by atoms with Gasteiger partial charge in [0.25, 0.3) is 5.91 Å². The van der Waals surface area contributed by atoms with Gasteiger partial charge in [-0.15, -0.1) is 12.4 Å². The molecular formula is C23H27Cl2N3O3S. The Hall–Kier alpha value is -1.90. The molecule has 6 nitrogen and oxygen atoms in total. The van der Waals surface area contributed by atoms with Crippen LogP contribution in [0.1, 0.15) is 12.0 Å². The molecule has 0 bridgehead atoms. The highest BCUT2D eigenvalue weighted by Gasteiger charge is 2.21. The van der Waals surface area contributed by atoms with Crippen molar-refractivity contribution >= 4 is 56.6 Å². The Morgan fingerprint density at radius 3 is 2.69 bits per heavy atom. The third-order valence-electron chi connectivity index (χ3n) is 5.23. The van der Waals surface area contributed by atoms with Crippen molar-refractivity contribution < 1.29 is 14.3 Å². The van der Waals surface area contributed by atoms with Crippen molar-refractivity contribution in [1.82, 2.24) is 9.88 Å². The zero-order valence-electron chi connectivity index (χ0n) is 18.0. The number of aromatic nitrogens is 1. The monoisotopic (exact) mass is 495 g/mol. The summed E-state index contributed by atoms with van der Waals surface area (Å²) in [7, 11) is 0. The number of benzene rings is 2. The number of morpholine rings is 1. The van der Waals surface area contributed by atoms with E-state index in [2.05, 4.69) is 9.88 Å². The molecule has 0 N–H and O–H groups in total. The lowest BCUT2D eigenvalue weighted by Gasteiger charge is -2.27. The molecule has 1 amide bonds. The molecule has 0 spiro atoms. The summed E-state index contributed by atoms with van der Waals surface area (Å²) in [6.45, 7) is 6.87. The maximum atomic E-state index is 13.1. The van der Waals surface area contributed by atoms with Crippen molar-refractivity contribution in [3.8, 4) is 5.75 Å². The highest BCUT2D eigenvalue weighted by Crippen LogP contribution is 2.33. The molecule has 0 aliphatic carbocycles. The molecule has 0 unspecified atom stereocenters. The van der Waals surface area contributed by atoms with Crippen LogP contribution in [0.3, 0.4) is 0 Å². The van der Waals surface area contributed by atoms with Crippen LogP contribution in [0.25, 0.3) is 10.2 Å². The number of para-hydroxylation sites is 1. The van der Waals surface area contributed by atoms with Crippen LogP contribution in [0.2, 0.25) is 5.02 Å². The Labute approximate surface area is 203 Å². The van der Waals surface area contributed by atoms with Gasteiger partial charge in [0.15, 0.2) is 11.7 Å². The molecule has 2 aromatic carbocycles. The Balaban J connectivity index is 0.00000289. The molecular weight excluding hydrogens is 469 g/mol. The maximum Gasteiger partial charge on any atom is 0.266 e. The van der Waals surface area contributed by atoms with E-state index in [-0.39, 0.29) is 24.9 Å². The van der Waals surface area contributed by atoms with E-state index < -0.39 is 0 Å². The predicted molar refractivity (Wildman–Crippen MR) is 133 cm³/mol. The molecule has 1 fully saturated rings. The third-order valence-corrected chi connectivity index (χ3v) is 6.58. The van der Waals surface area contributed by atoms with Crippen molar-refractivity contribution in [2.24, 2.45) is 0 Å². The van der Waals surface area contributed by atoms with Gasteiger partial charge in [-0.25, -0.2) is 4.98 Å². The van der Waals surface area contributed by atoms with E-state index in [9.17, 15) is 4.79 Å². The van der Waals surface area contributed by atoms with Gasteiger partial charge in [0.05, 0.1) is 22.9 Å². The van der Waals surface area contributed by atoms with Gasteiger partial charge in [-0.3, -0.25) is 14.6 Å². The molecule has 0 atom stereocenters. The molecule has 32 heavy (non-hydrogen) atoms. The van der Waals surface area contributed by atoms with Crippen molar-refractivity contribution in [1.29, 1.82) is 0 Å². The largest absolute Gasteiger partial charge is 0.484 e. The normalized spacial score (nSPS) is 14.2. The van der Waals surface area contributed by atoms with Crippen molar-refractivity contribution in [2.45, 2.75) is 13.3 Å². The number of aryl methyl sites for hydroxylation is 1. The smallest absolute Gasteiger partial charge is 0.266 e. The second-order valence-corrected chi connectivity index (χ2v) is 8.95. The van der Waals surface area contributed by atoms with E-state index in [1.54, 1.807) is 4.90 Å². The minimum absolute atomic E-state index is 0. The Bertz CT molecular complexity index is 1020. The minimum Gasteiger partial charge on any atom is -0.484 e. The van der Waals surface area contributed by atoms with E-state index in [1.165, 1.54) is 11.3 Å². The lowest BCUT2D eigenvalue weighted by molar-refractivity contribution is -0.120. The zero-order valence-corrected chi connectivity index (χ0v) is 20.3. The summed E-state index contributed by atoms with van der Waals surface area (Å²) in [6, 6.07) is 13.4. The molecule has 3 aromatic rings. The molecule has 4 rings (SSSR count). The van der Waals surface area contributed by atoms with E-state index in [4.69, 9.17) is 21.1 Å². The van der Waals surface area contributed by atoms with Gasteiger partial charge in [-0.2, -0.15) is 0 Å². The van der Waals surface area contributed by atoms with E-state index in [0.29, 0.717) is 22.4 Å². The highest BCUT2D eigenvalue weighted by atomic mass is 35.5. The summed E-state index contributed by atoms with van der Waals surface area (Å²) >= 11 is 7.79. The first-order valence-corrected chi connectivity index (χ1v) is 11.6. The molecule has 1 aliphatic rings. The lowest BCUT2D eigenvalue weighted by Crippen LogP contribution is -2.40. The number of hydrogen-bond acceptors (Lipinski definition) is 6. The molecule has 0 radical (unpaired) electrons. The second-order valence-electron chi connectivity index (χ2n) is 7.54. The van der Waals surface area contributed by atoms with Crippen LogP contribution in [0.4, 0.5) is 5.13 Å². The summed E-state index contributed by atoms with van der Waals surface area (Å²) < 4.78 is 12.1. The topological polar surface area (TPSA) is 54.9 Å². The van der Waals surface area contributed by atoms with Gasteiger partial charge in [0, 0.05) is 26.2 Å². The van der Waals surface area contributed by atoms with Crippen LogP contribution in [0, 0.1) is 6.92 Å². The SMILES string of the molecule is Cc1ccc(OCC(=O)N(CCCN2CCOCC2)c2nc3c(Cl)cccc3s2)cc1.Cl. The average Bonchev–Trinajstić information content (AvgIpc) is 3.22. The zero-order chi connectivity index (χ0) is 21.6. The Morgan fingerprint density at radius 2 is 1.97 bits per heavy atom. The number of fused-ring (bicyclic) bond motifs is 1. The standard InChI is InChI=1S/C23H26ClN3O3S.ClH/c1-17-6-8-18(9-7-17)30-16-21(28)27(11-3-10-26-12-14-29-15-13-26)23-25-22-19(24)4-2-5-20(22)31-23;/h2,4-9H,3,10-16H2,1H3;1H. The first-order chi connectivity index (χ1) is 15.1. The lowest BCUT2D eigenvalue weighted by atomic mass is 10.2. The quantitative estimate of drug-likeness (QED) is 0.448. The number of nitrogens with zero attached hydrogens (tertiary/aromatic N) is 3. The Morgan fingerprint density at radius 1 is 1.22 bits per heavy atom. The number of carbonyl (C=O) groups excluding carboxylic acids is 1. The van der Waals surface area contributed by atoms with Crippen molar-refractivity contribution in [2.75, 3.05) is 50.9 Å². The molecule has 2 heterocycles. The summed E-state index contributed by atoms with van der Waals surface area (Å²) in [5.74, 6) is 0.567. The van der Waals surface area contributed by atoms with E-state index >= 15 is 0 Å². The fourth-order valence-electron chi connectivity index (χ4n) is 3.48. The van der Waals surface area contributed by atoms with Gasteiger partial charge in [0.2, 0.25) is 0 Å². The number of ether oxygens (including phenoxy) is 2. The summed E-state index contributed by atoms with van der Waals surface area (Å²) in [5.41, 5.74) is 1.88. The predicted octanol–water partition coefficient (Wildman–Crippen LogP) is 4.81. The number of amides is 1. The fourth-order valence-corrected chi connectivity index (χ4v) is 4.79. The summed E-state index contributed by atoms with van der Waals surface area (Å²) in [6.07, 6.45) is 0.847. The van der Waals surface area contributed by atoms with Gasteiger partial charge < -0.3 is 9.47 Å². The second kappa shape index (κ2) is 11.8. The highest BCUT2D eigenvalue weighted by molar-refractivity contribution is 7.22. The van der Waals surface area contributed by atoms with Crippen LogP contribution in [0.5, 0.6) is 5.75 Å². The molecule has 172 valence electrons. The Kier molecular flexibility index (Phi) is 9.13. The number of hydrogen-bond donors (Lipinski definition) is 0.